The van der Waals surface area contributed by atoms with Crippen molar-refractivity contribution in [2.75, 3.05) is 6.54 Å². The lowest BCUT2D eigenvalue weighted by atomic mass is 10.1. The van der Waals surface area contributed by atoms with Crippen LogP contribution in [0, 0.1) is 0 Å². The first-order valence-electron chi connectivity index (χ1n) is 7.35. The van der Waals surface area contributed by atoms with Crippen LogP contribution in [-0.4, -0.2) is 32.5 Å². The van der Waals surface area contributed by atoms with Crippen LogP contribution in [-0.2, 0) is 11.3 Å². The maximum absolute atomic E-state index is 12.2. The summed E-state index contributed by atoms with van der Waals surface area (Å²) in [5.74, 6) is 1.08. The zero-order valence-electron chi connectivity index (χ0n) is 12.3. The van der Waals surface area contributed by atoms with Crippen molar-refractivity contribution < 1.29 is 9.32 Å². The zero-order chi connectivity index (χ0) is 15.6. The van der Waals surface area contributed by atoms with E-state index >= 15 is 0 Å². The van der Waals surface area contributed by atoms with Crippen LogP contribution in [0.1, 0.15) is 23.0 Å². The number of carbonyl (C=O) groups is 1. The van der Waals surface area contributed by atoms with Crippen LogP contribution in [0.25, 0.3) is 11.6 Å². The van der Waals surface area contributed by atoms with E-state index in [0.717, 1.165) is 0 Å². The molecule has 1 atom stereocenters. The summed E-state index contributed by atoms with van der Waals surface area (Å²) in [7, 11) is 0. The van der Waals surface area contributed by atoms with Gasteiger partial charge >= 0.3 is 0 Å². The number of carbonyl (C=O) groups excluding carboxylic acids is 1. The van der Waals surface area contributed by atoms with Gasteiger partial charge in [-0.2, -0.15) is 4.98 Å². The highest BCUT2D eigenvalue weighted by Crippen LogP contribution is 2.29. The summed E-state index contributed by atoms with van der Waals surface area (Å²) < 4.78 is 5.29. The minimum atomic E-state index is -0.0244. The first-order valence-corrected chi connectivity index (χ1v) is 8.23. The molecule has 0 saturated carbocycles. The average molecular weight is 326 g/mol. The fraction of sp³-hybridized carbons (Fsp3) is 0.250. The lowest BCUT2D eigenvalue weighted by molar-refractivity contribution is -0.128. The number of aromatic nitrogens is 3. The summed E-state index contributed by atoms with van der Waals surface area (Å²) in [6, 6.07) is 9.56. The van der Waals surface area contributed by atoms with Gasteiger partial charge in [0, 0.05) is 30.0 Å². The number of rotatable bonds is 4. The van der Waals surface area contributed by atoms with Gasteiger partial charge in [-0.05, 0) is 23.6 Å². The van der Waals surface area contributed by atoms with Crippen LogP contribution in [0.2, 0.25) is 0 Å². The molecule has 3 aromatic rings. The fourth-order valence-electron chi connectivity index (χ4n) is 2.68. The first-order chi connectivity index (χ1) is 11.3. The quantitative estimate of drug-likeness (QED) is 0.737. The fourth-order valence-corrected chi connectivity index (χ4v) is 3.40. The van der Waals surface area contributed by atoms with Crippen molar-refractivity contribution in [2.45, 2.75) is 18.9 Å². The summed E-state index contributed by atoms with van der Waals surface area (Å²) in [5, 5.41) is 6.06. The molecule has 6 nitrogen and oxygen atoms in total. The van der Waals surface area contributed by atoms with Gasteiger partial charge in [0.2, 0.25) is 5.91 Å². The minimum absolute atomic E-state index is 0.0244. The van der Waals surface area contributed by atoms with Crippen molar-refractivity contribution in [3.05, 3.63) is 52.6 Å². The van der Waals surface area contributed by atoms with E-state index in [2.05, 4.69) is 15.1 Å². The van der Waals surface area contributed by atoms with E-state index in [1.807, 2.05) is 40.6 Å². The highest BCUT2D eigenvalue weighted by molar-refractivity contribution is 7.09. The van der Waals surface area contributed by atoms with Crippen LogP contribution in [0.5, 0.6) is 0 Å². The van der Waals surface area contributed by atoms with Crippen molar-refractivity contribution in [2.24, 2.45) is 0 Å². The molecule has 4 rings (SSSR count). The van der Waals surface area contributed by atoms with Crippen LogP contribution in [0.15, 0.2) is 46.4 Å². The van der Waals surface area contributed by atoms with Crippen molar-refractivity contribution in [1.29, 1.82) is 0 Å². The third-order valence-corrected chi connectivity index (χ3v) is 4.69. The highest BCUT2D eigenvalue weighted by Gasteiger charge is 2.33. The van der Waals surface area contributed by atoms with E-state index in [-0.39, 0.29) is 11.8 Å². The molecule has 1 saturated heterocycles. The Bertz CT molecular complexity index is 801. The van der Waals surface area contributed by atoms with Gasteiger partial charge < -0.3 is 9.42 Å². The molecule has 0 unspecified atom stereocenters. The van der Waals surface area contributed by atoms with Gasteiger partial charge in [0.05, 0.1) is 6.54 Å². The molecule has 0 radical (unpaired) electrons. The summed E-state index contributed by atoms with van der Waals surface area (Å²) in [4.78, 5) is 23.8. The van der Waals surface area contributed by atoms with E-state index in [1.54, 1.807) is 17.5 Å². The molecular weight excluding hydrogens is 312 g/mol. The lowest BCUT2D eigenvalue weighted by Crippen LogP contribution is -2.23. The van der Waals surface area contributed by atoms with Crippen molar-refractivity contribution in [3.63, 3.8) is 0 Å². The Balaban J connectivity index is 1.49. The highest BCUT2D eigenvalue weighted by atomic mass is 32.1. The molecule has 1 fully saturated rings. The Labute approximate surface area is 136 Å². The van der Waals surface area contributed by atoms with Gasteiger partial charge in [-0.25, -0.2) is 0 Å². The number of hydrogen-bond acceptors (Lipinski definition) is 6. The summed E-state index contributed by atoms with van der Waals surface area (Å²) in [6.07, 6.45) is 2.10. The van der Waals surface area contributed by atoms with Crippen molar-refractivity contribution >= 4 is 17.2 Å². The van der Waals surface area contributed by atoms with E-state index < -0.39 is 0 Å². The number of hydrogen-bond donors (Lipinski definition) is 0. The maximum Gasteiger partial charge on any atom is 0.276 e. The van der Waals surface area contributed by atoms with Crippen molar-refractivity contribution in [3.8, 4) is 11.6 Å². The number of thiophene rings is 1. The van der Waals surface area contributed by atoms with Crippen molar-refractivity contribution in [1.82, 2.24) is 20.0 Å². The van der Waals surface area contributed by atoms with E-state index in [4.69, 9.17) is 4.52 Å². The number of pyridine rings is 1. The normalized spacial score (nSPS) is 17.8. The molecule has 0 aromatic carbocycles. The smallest absolute Gasteiger partial charge is 0.276 e. The minimum Gasteiger partial charge on any atom is -0.337 e. The molecule has 7 heteroatoms. The second-order valence-corrected chi connectivity index (χ2v) is 6.46. The van der Waals surface area contributed by atoms with Gasteiger partial charge in [0.1, 0.15) is 5.69 Å². The van der Waals surface area contributed by atoms with Crippen LogP contribution < -0.4 is 0 Å². The topological polar surface area (TPSA) is 72.1 Å². The average Bonchev–Trinajstić information content (AvgIpc) is 3.31. The molecule has 1 aliphatic rings. The monoisotopic (exact) mass is 326 g/mol. The third kappa shape index (κ3) is 2.87. The molecule has 1 aliphatic heterocycles. The van der Waals surface area contributed by atoms with E-state index in [1.165, 1.54) is 4.88 Å². The van der Waals surface area contributed by atoms with Gasteiger partial charge in [-0.15, -0.1) is 11.3 Å². The first kappa shape index (κ1) is 14.1. The summed E-state index contributed by atoms with van der Waals surface area (Å²) >= 11 is 1.66. The molecule has 4 heterocycles. The summed E-state index contributed by atoms with van der Waals surface area (Å²) in [6.45, 7) is 1.27. The molecule has 1 amide bonds. The van der Waals surface area contributed by atoms with Crippen LogP contribution in [0.4, 0.5) is 0 Å². The maximum atomic E-state index is 12.2. The number of likely N-dealkylation sites (tertiary alicyclic amines) is 1. The molecular formula is C16H14N4O2S. The van der Waals surface area contributed by atoms with Crippen LogP contribution >= 0.6 is 11.3 Å². The molecule has 0 N–H and O–H groups in total. The Morgan fingerprint density at radius 3 is 3.04 bits per heavy atom. The molecule has 0 bridgehead atoms. The predicted octanol–water partition coefficient (Wildman–Crippen LogP) is 2.71. The van der Waals surface area contributed by atoms with Gasteiger partial charge in [-0.3, -0.25) is 9.78 Å². The summed E-state index contributed by atoms with van der Waals surface area (Å²) in [5.41, 5.74) is 0.644. The Morgan fingerprint density at radius 1 is 1.30 bits per heavy atom. The molecule has 3 aromatic heterocycles. The largest absolute Gasteiger partial charge is 0.337 e. The molecule has 23 heavy (non-hydrogen) atoms. The van der Waals surface area contributed by atoms with Gasteiger partial charge in [0.15, 0.2) is 5.82 Å². The van der Waals surface area contributed by atoms with E-state index in [9.17, 15) is 4.79 Å². The Hall–Kier alpha value is -2.54. The SMILES string of the molecule is O=C1C[C@@H](c2noc(-c3ccccn3)n2)CN1Cc1cccs1. The molecule has 116 valence electrons. The zero-order valence-corrected chi connectivity index (χ0v) is 13.1. The number of amides is 1. The van der Waals surface area contributed by atoms with E-state index in [0.29, 0.717) is 36.9 Å². The molecule has 0 aliphatic carbocycles. The Kier molecular flexibility index (Phi) is 3.63. The van der Waals surface area contributed by atoms with Gasteiger partial charge in [0.25, 0.3) is 5.89 Å². The second-order valence-electron chi connectivity index (χ2n) is 5.43. The number of nitrogens with zero attached hydrogens (tertiary/aromatic N) is 4. The third-order valence-electron chi connectivity index (χ3n) is 3.83. The predicted molar refractivity (Wildman–Crippen MR) is 84.6 cm³/mol. The standard InChI is InChI=1S/C16H14N4O2S/c21-14-8-11(9-20(14)10-12-4-3-7-23-12)15-18-16(22-19-15)13-5-1-2-6-17-13/h1-7,11H,8-10H2/t11-/m1/s1. The molecule has 0 spiro atoms. The second kappa shape index (κ2) is 5.92. The van der Waals surface area contributed by atoms with Crippen LogP contribution in [0.3, 0.4) is 0 Å². The lowest BCUT2D eigenvalue weighted by Gasteiger charge is -2.14. The van der Waals surface area contributed by atoms with Gasteiger partial charge in [-0.1, -0.05) is 17.3 Å². The Morgan fingerprint density at radius 2 is 2.26 bits per heavy atom.